The molecule has 2 aromatic rings. The van der Waals surface area contributed by atoms with E-state index in [1.165, 1.54) is 17.2 Å². The lowest BCUT2D eigenvalue weighted by atomic mass is 9.72. The average Bonchev–Trinajstić information content (AvgIpc) is 2.38. The monoisotopic (exact) mass is 334 g/mol. The summed E-state index contributed by atoms with van der Waals surface area (Å²) in [5, 5.41) is 0. The van der Waals surface area contributed by atoms with Crippen molar-refractivity contribution in [2.45, 2.75) is 24.8 Å². The van der Waals surface area contributed by atoms with Crippen molar-refractivity contribution in [2.75, 3.05) is 0 Å². The molecule has 2 atom stereocenters. The first kappa shape index (κ1) is 13.7. The highest BCUT2D eigenvalue weighted by molar-refractivity contribution is 9.10. The van der Waals surface area contributed by atoms with Crippen LogP contribution in [0.15, 0.2) is 46.9 Å². The van der Waals surface area contributed by atoms with Crippen LogP contribution in [0.2, 0.25) is 0 Å². The highest BCUT2D eigenvalue weighted by Crippen LogP contribution is 2.38. The van der Waals surface area contributed by atoms with Gasteiger partial charge >= 0.3 is 0 Å². The zero-order valence-corrected chi connectivity index (χ0v) is 12.5. The fourth-order valence-corrected chi connectivity index (χ4v) is 3.47. The molecule has 0 amide bonds. The summed E-state index contributed by atoms with van der Waals surface area (Å²) in [4.78, 5) is 0. The quantitative estimate of drug-likeness (QED) is 0.665. The summed E-state index contributed by atoms with van der Waals surface area (Å²) in [6.07, 6.45) is 1.74. The molecule has 1 aliphatic rings. The minimum absolute atomic E-state index is 0.124. The van der Waals surface area contributed by atoms with E-state index in [-0.39, 0.29) is 11.9 Å². The van der Waals surface area contributed by atoms with Crippen molar-refractivity contribution in [3.63, 3.8) is 0 Å². The number of hydrazine groups is 1. The van der Waals surface area contributed by atoms with E-state index >= 15 is 0 Å². The molecule has 0 radical (unpaired) electrons. The smallest absolute Gasteiger partial charge is 0.124 e. The normalized spacial score (nSPS) is 18.2. The minimum atomic E-state index is -0.223. The van der Waals surface area contributed by atoms with Crippen molar-refractivity contribution >= 4 is 15.9 Å². The molecular formula is C16H16BrFN2. The third kappa shape index (κ3) is 2.64. The van der Waals surface area contributed by atoms with Crippen LogP contribution in [0.25, 0.3) is 0 Å². The van der Waals surface area contributed by atoms with E-state index in [4.69, 9.17) is 5.84 Å². The lowest BCUT2D eigenvalue weighted by Gasteiger charge is -2.36. The van der Waals surface area contributed by atoms with E-state index in [2.05, 4.69) is 45.6 Å². The third-order valence-corrected chi connectivity index (χ3v) is 4.43. The Hall–Kier alpha value is -1.23. The van der Waals surface area contributed by atoms with Crippen LogP contribution < -0.4 is 11.3 Å². The van der Waals surface area contributed by atoms with Crippen LogP contribution in [0.1, 0.15) is 22.6 Å². The third-order valence-electron chi connectivity index (χ3n) is 3.97. The molecule has 0 aromatic heterocycles. The Labute approximate surface area is 126 Å². The van der Waals surface area contributed by atoms with Crippen molar-refractivity contribution < 1.29 is 4.39 Å². The van der Waals surface area contributed by atoms with Gasteiger partial charge in [-0.1, -0.05) is 40.2 Å². The second-order valence-electron chi connectivity index (χ2n) is 5.26. The van der Waals surface area contributed by atoms with Gasteiger partial charge in [0.05, 0.1) is 0 Å². The summed E-state index contributed by atoms with van der Waals surface area (Å²) in [7, 11) is 0. The molecule has 0 fully saturated rings. The average molecular weight is 335 g/mol. The Morgan fingerprint density at radius 2 is 2.10 bits per heavy atom. The Balaban J connectivity index is 1.79. The van der Waals surface area contributed by atoms with Gasteiger partial charge in [0.15, 0.2) is 0 Å². The second-order valence-corrected chi connectivity index (χ2v) is 6.18. The maximum absolute atomic E-state index is 13.4. The molecule has 4 heteroatoms. The summed E-state index contributed by atoms with van der Waals surface area (Å²) in [5.74, 6) is 5.89. The van der Waals surface area contributed by atoms with Crippen molar-refractivity contribution in [3.8, 4) is 0 Å². The molecule has 1 aliphatic carbocycles. The van der Waals surface area contributed by atoms with Crippen LogP contribution in [0.3, 0.4) is 0 Å². The highest BCUT2D eigenvalue weighted by Gasteiger charge is 2.32. The molecular weight excluding hydrogens is 319 g/mol. The topological polar surface area (TPSA) is 38.0 Å². The van der Waals surface area contributed by atoms with Crippen LogP contribution in [0, 0.1) is 5.82 Å². The number of rotatable bonds is 4. The molecule has 2 aromatic carbocycles. The van der Waals surface area contributed by atoms with Crippen molar-refractivity contribution in [1.82, 2.24) is 5.43 Å². The van der Waals surface area contributed by atoms with E-state index in [1.807, 2.05) is 6.07 Å². The van der Waals surface area contributed by atoms with Crippen LogP contribution in [-0.2, 0) is 12.8 Å². The van der Waals surface area contributed by atoms with E-state index in [1.54, 1.807) is 6.07 Å². The molecule has 0 aliphatic heterocycles. The lowest BCUT2D eigenvalue weighted by Crippen LogP contribution is -2.45. The van der Waals surface area contributed by atoms with Gasteiger partial charge in [0.1, 0.15) is 5.82 Å². The fourth-order valence-electron chi connectivity index (χ4n) is 2.96. The molecule has 0 bridgehead atoms. The van der Waals surface area contributed by atoms with Gasteiger partial charge in [-0.25, -0.2) is 4.39 Å². The van der Waals surface area contributed by atoms with Crippen LogP contribution in [0.5, 0.6) is 0 Å². The van der Waals surface area contributed by atoms with Crippen LogP contribution >= 0.6 is 15.9 Å². The number of hydrogen-bond acceptors (Lipinski definition) is 2. The Morgan fingerprint density at radius 1 is 1.30 bits per heavy atom. The van der Waals surface area contributed by atoms with Gasteiger partial charge in [-0.2, -0.15) is 0 Å². The Kier molecular flexibility index (Phi) is 3.87. The molecule has 0 saturated heterocycles. The van der Waals surface area contributed by atoms with E-state index in [9.17, 15) is 4.39 Å². The number of nitrogens with two attached hydrogens (primary N) is 1. The van der Waals surface area contributed by atoms with Gasteiger partial charge < -0.3 is 0 Å². The number of nitrogens with one attached hydrogen (secondary N) is 1. The van der Waals surface area contributed by atoms with Crippen molar-refractivity contribution in [1.29, 1.82) is 0 Å². The molecule has 2 nitrogen and oxygen atoms in total. The van der Waals surface area contributed by atoms with Gasteiger partial charge in [-0.05, 0) is 47.7 Å². The molecule has 104 valence electrons. The van der Waals surface area contributed by atoms with E-state index in [0.29, 0.717) is 12.3 Å². The van der Waals surface area contributed by atoms with Gasteiger partial charge in [0, 0.05) is 16.4 Å². The largest absolute Gasteiger partial charge is 0.271 e. The van der Waals surface area contributed by atoms with E-state index < -0.39 is 0 Å². The Morgan fingerprint density at radius 3 is 2.80 bits per heavy atom. The number of halogens is 2. The molecule has 0 saturated carbocycles. The summed E-state index contributed by atoms with van der Waals surface area (Å²) < 4.78 is 14.2. The first-order chi connectivity index (χ1) is 9.67. The molecule has 2 unspecified atom stereocenters. The fraction of sp³-hybridized carbons (Fsp3) is 0.250. The zero-order chi connectivity index (χ0) is 14.1. The summed E-state index contributed by atoms with van der Waals surface area (Å²) in [5.41, 5.74) is 6.58. The number of hydrogen-bond donors (Lipinski definition) is 2. The maximum atomic E-state index is 13.4. The van der Waals surface area contributed by atoms with Gasteiger partial charge in [0.2, 0.25) is 0 Å². The maximum Gasteiger partial charge on any atom is 0.124 e. The van der Waals surface area contributed by atoms with Crippen molar-refractivity contribution in [3.05, 3.63) is 69.4 Å². The number of fused-ring (bicyclic) bond motifs is 1. The zero-order valence-electron chi connectivity index (χ0n) is 10.9. The van der Waals surface area contributed by atoms with E-state index in [0.717, 1.165) is 16.5 Å². The van der Waals surface area contributed by atoms with Gasteiger partial charge in [0.25, 0.3) is 0 Å². The minimum Gasteiger partial charge on any atom is -0.271 e. The molecule has 3 N–H and O–H groups in total. The molecule has 3 rings (SSSR count). The Bertz CT molecular complexity index is 609. The van der Waals surface area contributed by atoms with Crippen LogP contribution in [-0.4, -0.2) is 6.04 Å². The molecule has 0 spiro atoms. The first-order valence-electron chi connectivity index (χ1n) is 6.66. The lowest BCUT2D eigenvalue weighted by molar-refractivity contribution is 0.403. The SMILES string of the molecule is NNC(Cc1cc(F)cc(Br)c1)C1Cc2ccccc21. The summed E-state index contributed by atoms with van der Waals surface area (Å²) in [6.45, 7) is 0. The van der Waals surface area contributed by atoms with Crippen LogP contribution in [0.4, 0.5) is 4.39 Å². The second kappa shape index (κ2) is 5.64. The first-order valence-corrected chi connectivity index (χ1v) is 7.45. The van der Waals surface area contributed by atoms with Gasteiger partial charge in [-0.3, -0.25) is 11.3 Å². The standard InChI is InChI=1S/C16H16BrFN2/c17-12-5-10(6-13(18)9-12)7-16(20-19)15-8-11-3-1-2-4-14(11)15/h1-6,9,15-16,20H,7-8,19H2. The highest BCUT2D eigenvalue weighted by atomic mass is 79.9. The molecule has 0 heterocycles. The predicted molar refractivity (Wildman–Crippen MR) is 81.8 cm³/mol. The number of benzene rings is 2. The van der Waals surface area contributed by atoms with Gasteiger partial charge in [-0.15, -0.1) is 0 Å². The summed E-state index contributed by atoms with van der Waals surface area (Å²) in [6, 6.07) is 13.5. The predicted octanol–water partition coefficient (Wildman–Crippen LogP) is 3.30. The molecule has 20 heavy (non-hydrogen) atoms. The van der Waals surface area contributed by atoms with Crippen molar-refractivity contribution in [2.24, 2.45) is 5.84 Å². The summed E-state index contributed by atoms with van der Waals surface area (Å²) >= 11 is 3.33.